The number of carboxylic acid groups (broad SMARTS) is 1. The van der Waals surface area contributed by atoms with Crippen molar-refractivity contribution < 1.29 is 37.0 Å². The van der Waals surface area contributed by atoms with Gasteiger partial charge in [-0.2, -0.15) is 27.1 Å². The van der Waals surface area contributed by atoms with E-state index in [9.17, 15) is 31.9 Å². The largest absolute Gasteiger partial charge is 0.481 e. The van der Waals surface area contributed by atoms with Gasteiger partial charge in [-0.15, -0.1) is 0 Å². The van der Waals surface area contributed by atoms with E-state index in [1.165, 1.54) is 0 Å². The van der Waals surface area contributed by atoms with Gasteiger partial charge in [0.05, 0.1) is 6.42 Å². The average Bonchev–Trinajstić information content (AvgIpc) is 2.61. The molecule has 0 amide bonds. The molecule has 0 fully saturated rings. The zero-order valence-corrected chi connectivity index (χ0v) is 9.32. The first-order valence-corrected chi connectivity index (χ1v) is 4.66. The van der Waals surface area contributed by atoms with Crippen molar-refractivity contribution in [2.45, 2.75) is 24.1 Å². The maximum Gasteiger partial charge on any atom is 0.456 e. The molecule has 0 spiro atoms. The van der Waals surface area contributed by atoms with Crippen molar-refractivity contribution in [3.05, 3.63) is 12.2 Å². The second kappa shape index (κ2) is 4.40. The molecule has 1 atom stereocenters. The summed E-state index contributed by atoms with van der Waals surface area (Å²) >= 11 is 0. The van der Waals surface area contributed by atoms with Crippen molar-refractivity contribution in [1.29, 1.82) is 0 Å². The van der Waals surface area contributed by atoms with Crippen molar-refractivity contribution >= 4 is 5.97 Å². The number of aliphatic hydroxyl groups is 1. The monoisotopic (exact) mass is 289 g/mol. The maximum atomic E-state index is 13.4. The summed E-state index contributed by atoms with van der Waals surface area (Å²) in [5, 5.41) is 21.3. The lowest BCUT2D eigenvalue weighted by Gasteiger charge is -2.34. The summed E-state index contributed by atoms with van der Waals surface area (Å²) in [6.07, 6.45) is -7.41. The van der Waals surface area contributed by atoms with E-state index in [2.05, 4.69) is 10.1 Å². The minimum absolute atomic E-state index is 0.447. The molecular weight excluding hydrogens is 281 g/mol. The summed E-state index contributed by atoms with van der Waals surface area (Å²) in [6.45, 7) is 0. The van der Waals surface area contributed by atoms with Gasteiger partial charge < -0.3 is 10.2 Å². The Hall–Kier alpha value is -1.78. The number of nitrogens with zero attached hydrogens (tertiary/aromatic N) is 3. The Bertz CT molecular complexity index is 486. The second-order valence-electron chi connectivity index (χ2n) is 3.71. The second-order valence-corrected chi connectivity index (χ2v) is 3.71. The number of rotatable bonds is 4. The molecular formula is C8H8F5N3O3. The van der Waals surface area contributed by atoms with Crippen LogP contribution in [0.4, 0.5) is 22.0 Å². The SMILES string of the molecule is Cn1ncnc1[C@](O)(CC(=O)O)C(F)(F)C(F)(F)F. The van der Waals surface area contributed by atoms with E-state index in [1.807, 2.05) is 0 Å². The van der Waals surface area contributed by atoms with E-state index in [0.29, 0.717) is 11.0 Å². The standard InChI is InChI=1S/C8H8F5N3O3/c1-16-5(14-3-15-16)6(19,2-4(17)18)7(9,10)8(11,12)13/h3,19H,2H2,1H3,(H,17,18)/t6-/m1/s1. The van der Waals surface area contributed by atoms with Gasteiger partial charge in [-0.3, -0.25) is 9.48 Å². The van der Waals surface area contributed by atoms with E-state index in [0.717, 1.165) is 7.05 Å². The van der Waals surface area contributed by atoms with E-state index in [-0.39, 0.29) is 0 Å². The van der Waals surface area contributed by atoms with Crippen LogP contribution in [0, 0.1) is 0 Å². The van der Waals surface area contributed by atoms with Gasteiger partial charge in [-0.1, -0.05) is 0 Å². The smallest absolute Gasteiger partial charge is 0.456 e. The Morgan fingerprint density at radius 1 is 1.37 bits per heavy atom. The molecule has 1 aromatic rings. The summed E-state index contributed by atoms with van der Waals surface area (Å²) in [6, 6.07) is 0. The summed E-state index contributed by atoms with van der Waals surface area (Å²) in [7, 11) is 0.946. The van der Waals surface area contributed by atoms with E-state index in [1.54, 1.807) is 0 Å². The molecule has 0 unspecified atom stereocenters. The van der Waals surface area contributed by atoms with E-state index >= 15 is 0 Å². The molecule has 0 aromatic carbocycles. The molecule has 0 aliphatic heterocycles. The summed E-state index contributed by atoms with van der Waals surface area (Å²) < 4.78 is 64.2. The van der Waals surface area contributed by atoms with Gasteiger partial charge in [0.15, 0.2) is 5.82 Å². The first kappa shape index (κ1) is 15.3. The quantitative estimate of drug-likeness (QED) is 0.796. The Labute approximate surface area is 102 Å². The topological polar surface area (TPSA) is 88.2 Å². The number of halogens is 5. The maximum absolute atomic E-state index is 13.4. The fraction of sp³-hybridized carbons (Fsp3) is 0.625. The average molecular weight is 289 g/mol. The molecule has 1 heterocycles. The molecule has 0 radical (unpaired) electrons. The molecule has 0 saturated heterocycles. The van der Waals surface area contributed by atoms with Gasteiger partial charge in [-0.05, 0) is 0 Å². The predicted octanol–water partition coefficient (Wildman–Crippen LogP) is 0.675. The molecule has 0 aliphatic rings. The lowest BCUT2D eigenvalue weighted by molar-refractivity contribution is -0.348. The van der Waals surface area contributed by atoms with Crippen molar-refractivity contribution in [2.75, 3.05) is 0 Å². The lowest BCUT2D eigenvalue weighted by atomic mass is 9.90. The minimum atomic E-state index is -6.15. The number of aliphatic carboxylic acids is 1. The number of hydrogen-bond donors (Lipinski definition) is 2. The highest BCUT2D eigenvalue weighted by Gasteiger charge is 2.72. The van der Waals surface area contributed by atoms with Gasteiger partial charge in [0.1, 0.15) is 6.33 Å². The van der Waals surface area contributed by atoms with Crippen LogP contribution in [0.25, 0.3) is 0 Å². The van der Waals surface area contributed by atoms with Crippen LogP contribution in [0.2, 0.25) is 0 Å². The van der Waals surface area contributed by atoms with Crippen LogP contribution in [-0.4, -0.2) is 43.0 Å². The highest BCUT2D eigenvalue weighted by molar-refractivity contribution is 5.68. The van der Waals surface area contributed by atoms with Crippen LogP contribution in [0.15, 0.2) is 6.33 Å². The molecule has 1 aromatic heterocycles. The van der Waals surface area contributed by atoms with Gasteiger partial charge in [0, 0.05) is 7.05 Å². The first-order chi connectivity index (χ1) is 8.43. The van der Waals surface area contributed by atoms with Gasteiger partial charge >= 0.3 is 18.1 Å². The van der Waals surface area contributed by atoms with E-state index < -0.39 is 35.9 Å². The fourth-order valence-electron chi connectivity index (χ4n) is 1.45. The summed E-state index contributed by atoms with van der Waals surface area (Å²) in [5.74, 6) is -8.95. The predicted molar refractivity (Wildman–Crippen MR) is 48.2 cm³/mol. The molecule has 19 heavy (non-hydrogen) atoms. The third-order valence-corrected chi connectivity index (χ3v) is 2.36. The molecule has 108 valence electrons. The number of alkyl halides is 5. The van der Waals surface area contributed by atoms with Crippen molar-refractivity contribution in [2.24, 2.45) is 7.05 Å². The van der Waals surface area contributed by atoms with Crippen molar-refractivity contribution in [3.63, 3.8) is 0 Å². The van der Waals surface area contributed by atoms with Crippen molar-refractivity contribution in [3.8, 4) is 0 Å². The number of hydrogen-bond acceptors (Lipinski definition) is 4. The Morgan fingerprint density at radius 3 is 2.21 bits per heavy atom. The zero-order chi connectivity index (χ0) is 15.1. The number of carbonyl (C=O) groups is 1. The highest BCUT2D eigenvalue weighted by Crippen LogP contribution is 2.49. The molecule has 11 heteroatoms. The normalized spacial score (nSPS) is 16.2. The fourth-order valence-corrected chi connectivity index (χ4v) is 1.45. The van der Waals surface area contributed by atoms with Gasteiger partial charge in [-0.25, -0.2) is 4.98 Å². The third-order valence-electron chi connectivity index (χ3n) is 2.36. The lowest BCUT2D eigenvalue weighted by Crippen LogP contribution is -2.57. The third kappa shape index (κ3) is 2.37. The number of aromatic nitrogens is 3. The van der Waals surface area contributed by atoms with Crippen LogP contribution >= 0.6 is 0 Å². The van der Waals surface area contributed by atoms with Gasteiger partial charge in [0.25, 0.3) is 0 Å². The molecule has 1 rings (SSSR count). The molecule has 2 N–H and O–H groups in total. The van der Waals surface area contributed by atoms with Crippen LogP contribution in [0.5, 0.6) is 0 Å². The van der Waals surface area contributed by atoms with Crippen LogP contribution in [0.3, 0.4) is 0 Å². The van der Waals surface area contributed by atoms with Crippen LogP contribution in [-0.2, 0) is 17.4 Å². The van der Waals surface area contributed by atoms with Crippen molar-refractivity contribution in [1.82, 2.24) is 14.8 Å². The Balaban J connectivity index is 3.45. The molecule has 0 saturated carbocycles. The Morgan fingerprint density at radius 2 is 1.89 bits per heavy atom. The zero-order valence-electron chi connectivity index (χ0n) is 9.32. The number of carboxylic acids is 1. The van der Waals surface area contributed by atoms with E-state index in [4.69, 9.17) is 5.11 Å². The van der Waals surface area contributed by atoms with Gasteiger partial charge in [0.2, 0.25) is 5.60 Å². The first-order valence-electron chi connectivity index (χ1n) is 4.66. The van der Waals surface area contributed by atoms with Crippen LogP contribution < -0.4 is 0 Å². The van der Waals surface area contributed by atoms with Crippen LogP contribution in [0.1, 0.15) is 12.2 Å². The number of aryl methyl sites for hydroxylation is 1. The highest BCUT2D eigenvalue weighted by atomic mass is 19.4. The molecule has 6 nitrogen and oxygen atoms in total. The Kier molecular flexibility index (Phi) is 3.54. The molecule has 0 aliphatic carbocycles. The summed E-state index contributed by atoms with van der Waals surface area (Å²) in [4.78, 5) is 13.6. The summed E-state index contributed by atoms with van der Waals surface area (Å²) in [5.41, 5.74) is -4.05. The molecule has 0 bridgehead atoms. The minimum Gasteiger partial charge on any atom is -0.481 e.